The van der Waals surface area contributed by atoms with E-state index in [0.717, 1.165) is 11.5 Å². The quantitative estimate of drug-likeness (QED) is 0.742. The molecule has 0 aromatic heterocycles. The molecular weight excluding hydrogens is 222 g/mol. The Kier molecular flexibility index (Phi) is 3.86. The smallest absolute Gasteiger partial charge is 0.179 e. The Labute approximate surface area is 110 Å². The summed E-state index contributed by atoms with van der Waals surface area (Å²) in [5, 5.41) is 0. The maximum Gasteiger partial charge on any atom is 0.179 e. The molecular formula is C16H23NO. The highest BCUT2D eigenvalue weighted by Crippen LogP contribution is 2.35. The number of hydrogen-bond donors (Lipinski definition) is 0. The minimum absolute atomic E-state index is 0.0386. The Morgan fingerprint density at radius 1 is 1.22 bits per heavy atom. The van der Waals surface area contributed by atoms with Gasteiger partial charge >= 0.3 is 0 Å². The fraction of sp³-hybridized carbons (Fsp3) is 0.562. The molecule has 2 unspecified atom stereocenters. The second-order valence-corrected chi connectivity index (χ2v) is 5.65. The average molecular weight is 245 g/mol. The van der Waals surface area contributed by atoms with E-state index in [0.29, 0.717) is 6.04 Å². The lowest BCUT2D eigenvalue weighted by Crippen LogP contribution is -2.42. The molecule has 1 saturated carbocycles. The summed E-state index contributed by atoms with van der Waals surface area (Å²) in [5.74, 6) is 1.02. The van der Waals surface area contributed by atoms with Crippen LogP contribution < -0.4 is 0 Å². The van der Waals surface area contributed by atoms with Crippen molar-refractivity contribution in [1.82, 2.24) is 4.90 Å². The number of benzene rings is 1. The summed E-state index contributed by atoms with van der Waals surface area (Å²) in [6, 6.07) is 8.35. The molecule has 0 heterocycles. The number of carbonyl (C=O) groups is 1. The van der Waals surface area contributed by atoms with E-state index in [1.807, 2.05) is 38.1 Å². The van der Waals surface area contributed by atoms with E-state index in [9.17, 15) is 4.79 Å². The summed E-state index contributed by atoms with van der Waals surface area (Å²) in [4.78, 5) is 14.6. The van der Waals surface area contributed by atoms with Crippen molar-refractivity contribution in [2.24, 2.45) is 5.92 Å². The van der Waals surface area contributed by atoms with Crippen LogP contribution >= 0.6 is 0 Å². The molecule has 0 amide bonds. The fourth-order valence-corrected chi connectivity index (χ4v) is 2.41. The Morgan fingerprint density at radius 3 is 2.28 bits per heavy atom. The lowest BCUT2D eigenvalue weighted by atomic mass is 10.0. The van der Waals surface area contributed by atoms with Crippen molar-refractivity contribution in [1.29, 1.82) is 0 Å². The molecule has 2 atom stereocenters. The summed E-state index contributed by atoms with van der Waals surface area (Å²) in [5.41, 5.74) is 2.02. The van der Waals surface area contributed by atoms with Crippen LogP contribution in [-0.2, 0) is 0 Å². The van der Waals surface area contributed by atoms with Gasteiger partial charge in [0.15, 0.2) is 5.78 Å². The second-order valence-electron chi connectivity index (χ2n) is 5.65. The van der Waals surface area contributed by atoms with Crippen molar-refractivity contribution in [2.45, 2.75) is 45.7 Å². The van der Waals surface area contributed by atoms with Gasteiger partial charge in [0, 0.05) is 11.6 Å². The lowest BCUT2D eigenvalue weighted by Gasteiger charge is -2.30. The Balaban J connectivity index is 2.05. The third-order valence-electron chi connectivity index (χ3n) is 4.27. The molecule has 2 rings (SSSR count). The minimum atomic E-state index is -0.0386. The lowest BCUT2D eigenvalue weighted by molar-refractivity contribution is 0.0811. The van der Waals surface area contributed by atoms with Gasteiger partial charge in [-0.05, 0) is 46.6 Å². The topological polar surface area (TPSA) is 20.3 Å². The summed E-state index contributed by atoms with van der Waals surface area (Å²) in [6.07, 6.45) is 2.63. The molecule has 0 bridgehead atoms. The molecule has 1 aromatic carbocycles. The molecule has 2 nitrogen and oxygen atoms in total. The highest BCUT2D eigenvalue weighted by molar-refractivity contribution is 5.99. The van der Waals surface area contributed by atoms with Crippen LogP contribution in [0.25, 0.3) is 0 Å². The zero-order chi connectivity index (χ0) is 13.3. The number of likely N-dealkylation sites (N-methyl/N-ethyl adjacent to an activating group) is 1. The number of ketones is 1. The summed E-state index contributed by atoms with van der Waals surface area (Å²) < 4.78 is 0. The fourth-order valence-electron chi connectivity index (χ4n) is 2.41. The minimum Gasteiger partial charge on any atom is -0.294 e. The van der Waals surface area contributed by atoms with Crippen molar-refractivity contribution < 1.29 is 4.79 Å². The first kappa shape index (κ1) is 13.3. The van der Waals surface area contributed by atoms with Gasteiger partial charge in [-0.2, -0.15) is 0 Å². The Morgan fingerprint density at radius 2 is 1.78 bits per heavy atom. The second kappa shape index (κ2) is 5.23. The third-order valence-corrected chi connectivity index (χ3v) is 4.27. The van der Waals surface area contributed by atoms with E-state index in [1.54, 1.807) is 0 Å². The largest absolute Gasteiger partial charge is 0.294 e. The van der Waals surface area contributed by atoms with Crippen LogP contribution in [0.15, 0.2) is 24.3 Å². The summed E-state index contributed by atoms with van der Waals surface area (Å²) in [7, 11) is 2.07. The predicted octanol–water partition coefficient (Wildman–Crippen LogP) is 3.30. The summed E-state index contributed by atoms with van der Waals surface area (Å²) >= 11 is 0. The molecule has 0 spiro atoms. The molecule has 18 heavy (non-hydrogen) atoms. The normalized spacial score (nSPS) is 18.7. The van der Waals surface area contributed by atoms with Gasteiger partial charge in [0.2, 0.25) is 0 Å². The van der Waals surface area contributed by atoms with Crippen molar-refractivity contribution in [2.75, 3.05) is 7.05 Å². The van der Waals surface area contributed by atoms with Crippen LogP contribution in [0.1, 0.15) is 42.6 Å². The molecule has 0 aliphatic heterocycles. The first-order chi connectivity index (χ1) is 8.50. The Bertz CT molecular complexity index is 419. The van der Waals surface area contributed by atoms with Crippen LogP contribution in [0.2, 0.25) is 0 Å². The maximum atomic E-state index is 12.4. The molecule has 0 saturated heterocycles. The van der Waals surface area contributed by atoms with E-state index < -0.39 is 0 Å². The zero-order valence-corrected chi connectivity index (χ0v) is 11.8. The van der Waals surface area contributed by atoms with Crippen molar-refractivity contribution in [3.05, 3.63) is 35.4 Å². The van der Waals surface area contributed by atoms with E-state index >= 15 is 0 Å². The van der Waals surface area contributed by atoms with Gasteiger partial charge < -0.3 is 0 Å². The van der Waals surface area contributed by atoms with Crippen LogP contribution in [0.4, 0.5) is 0 Å². The number of nitrogens with zero attached hydrogens (tertiary/aromatic N) is 1. The number of hydrogen-bond acceptors (Lipinski definition) is 2. The number of carbonyl (C=O) groups excluding carboxylic acids is 1. The van der Waals surface area contributed by atoms with Crippen LogP contribution in [0.5, 0.6) is 0 Å². The summed E-state index contributed by atoms with van der Waals surface area (Å²) in [6.45, 7) is 6.29. The first-order valence-corrected chi connectivity index (χ1v) is 6.83. The van der Waals surface area contributed by atoms with E-state index in [1.165, 1.54) is 18.4 Å². The van der Waals surface area contributed by atoms with Gasteiger partial charge in [-0.1, -0.05) is 29.8 Å². The van der Waals surface area contributed by atoms with E-state index in [-0.39, 0.29) is 11.8 Å². The maximum absolute atomic E-state index is 12.4. The first-order valence-electron chi connectivity index (χ1n) is 6.83. The molecule has 98 valence electrons. The van der Waals surface area contributed by atoms with E-state index in [2.05, 4.69) is 18.9 Å². The molecule has 1 aromatic rings. The molecule has 1 fully saturated rings. The number of aryl methyl sites for hydroxylation is 1. The van der Waals surface area contributed by atoms with Crippen molar-refractivity contribution in [3.63, 3.8) is 0 Å². The SMILES string of the molecule is Cc1ccc(C(=O)C(C)N(C)C(C)C2CC2)cc1. The molecule has 0 radical (unpaired) electrons. The van der Waals surface area contributed by atoms with Gasteiger partial charge in [-0.3, -0.25) is 9.69 Å². The Hall–Kier alpha value is -1.15. The van der Waals surface area contributed by atoms with E-state index in [4.69, 9.17) is 0 Å². The van der Waals surface area contributed by atoms with Crippen LogP contribution in [-0.4, -0.2) is 29.8 Å². The van der Waals surface area contributed by atoms with Gasteiger partial charge in [-0.25, -0.2) is 0 Å². The number of Topliss-reactive ketones (excluding diaryl/α,β-unsaturated/α-hetero) is 1. The van der Waals surface area contributed by atoms with Crippen LogP contribution in [0.3, 0.4) is 0 Å². The predicted molar refractivity (Wildman–Crippen MR) is 74.9 cm³/mol. The van der Waals surface area contributed by atoms with Crippen LogP contribution in [0, 0.1) is 12.8 Å². The third kappa shape index (κ3) is 2.81. The molecule has 1 aliphatic carbocycles. The van der Waals surface area contributed by atoms with Crippen molar-refractivity contribution >= 4 is 5.78 Å². The standard InChI is InChI=1S/C16H23NO/c1-11-5-7-15(8-6-11)16(18)13(3)17(4)12(2)14-9-10-14/h5-8,12-14H,9-10H2,1-4H3. The van der Waals surface area contributed by atoms with Gasteiger partial charge in [-0.15, -0.1) is 0 Å². The van der Waals surface area contributed by atoms with Gasteiger partial charge in [0.05, 0.1) is 6.04 Å². The van der Waals surface area contributed by atoms with Crippen molar-refractivity contribution in [3.8, 4) is 0 Å². The van der Waals surface area contributed by atoms with Gasteiger partial charge in [0.25, 0.3) is 0 Å². The highest BCUT2D eigenvalue weighted by Gasteiger charge is 2.33. The number of rotatable bonds is 5. The zero-order valence-electron chi connectivity index (χ0n) is 11.8. The molecule has 2 heteroatoms. The molecule has 0 N–H and O–H groups in total. The monoisotopic (exact) mass is 245 g/mol. The van der Waals surface area contributed by atoms with Gasteiger partial charge in [0.1, 0.15) is 0 Å². The molecule has 1 aliphatic rings. The average Bonchev–Trinajstić information content (AvgIpc) is 3.20. The highest BCUT2D eigenvalue weighted by atomic mass is 16.1.